The van der Waals surface area contributed by atoms with Crippen LogP contribution >= 0.6 is 15.9 Å². The first-order valence-electron chi connectivity index (χ1n) is 10.2. The van der Waals surface area contributed by atoms with Gasteiger partial charge >= 0.3 is 12.1 Å². The lowest BCUT2D eigenvalue weighted by Crippen LogP contribution is -2.47. The number of alkyl halides is 3. The Bertz CT molecular complexity index is 1190. The number of ether oxygens (including phenoxy) is 1. The van der Waals surface area contributed by atoms with Crippen LogP contribution in [0.5, 0.6) is 5.75 Å². The zero-order valence-electron chi connectivity index (χ0n) is 17.5. The summed E-state index contributed by atoms with van der Waals surface area (Å²) in [5, 5.41) is 9.32. The van der Waals surface area contributed by atoms with Crippen molar-refractivity contribution in [3.8, 4) is 5.75 Å². The summed E-state index contributed by atoms with van der Waals surface area (Å²) in [5.74, 6) is -0.524. The van der Waals surface area contributed by atoms with Crippen LogP contribution in [0.1, 0.15) is 31.7 Å². The molecule has 1 fully saturated rings. The van der Waals surface area contributed by atoms with E-state index in [1.165, 1.54) is 0 Å². The van der Waals surface area contributed by atoms with Crippen LogP contribution < -0.4 is 9.04 Å². The van der Waals surface area contributed by atoms with E-state index in [2.05, 4.69) is 15.9 Å². The smallest absolute Gasteiger partial charge is 0.416 e. The molecular weight excluding hydrogens is 527 g/mol. The quantitative estimate of drug-likeness (QED) is 0.548. The van der Waals surface area contributed by atoms with Crippen molar-refractivity contribution in [2.24, 2.45) is 11.3 Å². The van der Waals surface area contributed by atoms with Gasteiger partial charge in [0.15, 0.2) is 0 Å². The van der Waals surface area contributed by atoms with E-state index in [9.17, 15) is 31.5 Å². The zero-order valence-corrected chi connectivity index (χ0v) is 19.9. The lowest BCUT2D eigenvalue weighted by Gasteiger charge is -2.44. The van der Waals surface area contributed by atoms with E-state index in [4.69, 9.17) is 4.74 Å². The predicted octanol–water partition coefficient (Wildman–Crippen LogP) is 5.32. The molecule has 178 valence electrons. The molecule has 2 aliphatic rings. The molecule has 0 aromatic heterocycles. The highest BCUT2D eigenvalue weighted by Gasteiger charge is 2.48. The third-order valence-corrected chi connectivity index (χ3v) is 8.46. The second kappa shape index (κ2) is 8.19. The largest absolute Gasteiger partial charge is 0.486 e. The summed E-state index contributed by atoms with van der Waals surface area (Å²) in [6, 6.07) is 8.47. The summed E-state index contributed by atoms with van der Waals surface area (Å²) in [6.45, 7) is 1.58. The molecule has 1 aliphatic heterocycles. The summed E-state index contributed by atoms with van der Waals surface area (Å²) in [7, 11) is -4.33. The summed E-state index contributed by atoms with van der Waals surface area (Å²) >= 11 is 3.30. The molecule has 1 N–H and O–H groups in total. The Morgan fingerprint density at radius 1 is 1.24 bits per heavy atom. The first-order valence-corrected chi connectivity index (χ1v) is 12.4. The molecule has 0 radical (unpaired) electrons. The van der Waals surface area contributed by atoms with Gasteiger partial charge in [-0.05, 0) is 68.5 Å². The minimum absolute atomic E-state index is 0.0474. The van der Waals surface area contributed by atoms with E-state index in [0.717, 1.165) is 22.5 Å². The van der Waals surface area contributed by atoms with Crippen LogP contribution in [-0.4, -0.2) is 32.1 Å². The van der Waals surface area contributed by atoms with E-state index in [0.29, 0.717) is 35.6 Å². The monoisotopic (exact) mass is 547 g/mol. The van der Waals surface area contributed by atoms with Gasteiger partial charge in [0.1, 0.15) is 11.9 Å². The highest BCUT2D eigenvalue weighted by atomic mass is 79.9. The second-order valence-electron chi connectivity index (χ2n) is 8.79. The number of rotatable bonds is 5. The fraction of sp³-hybridized carbons (Fsp3) is 0.409. The molecule has 1 aliphatic carbocycles. The van der Waals surface area contributed by atoms with E-state index in [1.807, 2.05) is 0 Å². The lowest BCUT2D eigenvalue weighted by atomic mass is 9.61. The van der Waals surface area contributed by atoms with Crippen LogP contribution in [0.4, 0.5) is 18.9 Å². The minimum Gasteiger partial charge on any atom is -0.486 e. The van der Waals surface area contributed by atoms with Crippen molar-refractivity contribution in [2.45, 2.75) is 43.4 Å². The van der Waals surface area contributed by atoms with E-state index in [1.54, 1.807) is 25.1 Å². The average molecular weight is 548 g/mol. The van der Waals surface area contributed by atoms with E-state index in [-0.39, 0.29) is 18.2 Å². The molecule has 0 unspecified atom stereocenters. The normalized spacial score (nSPS) is 25.1. The van der Waals surface area contributed by atoms with E-state index < -0.39 is 44.1 Å². The molecular formula is C22H21BrF3NO5S. The molecule has 11 heteroatoms. The Morgan fingerprint density at radius 3 is 2.58 bits per heavy atom. The van der Waals surface area contributed by atoms with Crippen LogP contribution in [0, 0.1) is 11.3 Å². The molecule has 33 heavy (non-hydrogen) atoms. The number of fused-ring (bicyclic) bond motifs is 1. The molecule has 4 rings (SSSR count). The Hall–Kier alpha value is -2.27. The van der Waals surface area contributed by atoms with Crippen LogP contribution in [0.2, 0.25) is 0 Å². The lowest BCUT2D eigenvalue weighted by molar-refractivity contribution is -0.157. The standard InChI is InChI=1S/C22H21BrF3NO5S/c1-21(20(28)29)10-13(11-21)7-16-12-27(18-9-15(23)5-6-19(18)32-16)33(30,31)17-4-2-3-14(8-17)22(24,25)26/h2-6,8-9,13,16H,7,10-12H2,1H3,(H,28,29)/t13?,16-,21?/m0/s1. The first-order chi connectivity index (χ1) is 15.3. The molecule has 0 spiro atoms. The van der Waals surface area contributed by atoms with Gasteiger partial charge in [0, 0.05) is 4.47 Å². The number of anilines is 1. The number of carboxylic acid groups (broad SMARTS) is 1. The predicted molar refractivity (Wildman–Crippen MR) is 118 cm³/mol. The Kier molecular flexibility index (Phi) is 5.93. The van der Waals surface area contributed by atoms with Crippen LogP contribution in [0.15, 0.2) is 51.8 Å². The number of carbonyl (C=O) groups is 1. The van der Waals surface area contributed by atoms with Gasteiger partial charge < -0.3 is 9.84 Å². The van der Waals surface area contributed by atoms with Gasteiger partial charge in [-0.25, -0.2) is 8.42 Å². The maximum atomic E-state index is 13.5. The molecule has 0 bridgehead atoms. The van der Waals surface area contributed by atoms with Crippen molar-refractivity contribution in [3.63, 3.8) is 0 Å². The number of benzene rings is 2. The molecule has 1 heterocycles. The second-order valence-corrected chi connectivity index (χ2v) is 11.6. The summed E-state index contributed by atoms with van der Waals surface area (Å²) in [5.41, 5.74) is -1.63. The topological polar surface area (TPSA) is 83.9 Å². The van der Waals surface area contributed by atoms with Crippen molar-refractivity contribution in [1.29, 1.82) is 0 Å². The molecule has 2 aromatic rings. The number of hydrogen-bond donors (Lipinski definition) is 1. The molecule has 1 saturated carbocycles. The Labute approximate surface area is 197 Å². The maximum absolute atomic E-state index is 13.5. The van der Waals surface area contributed by atoms with Crippen LogP contribution in [0.25, 0.3) is 0 Å². The third kappa shape index (κ3) is 4.57. The highest BCUT2D eigenvalue weighted by Crippen LogP contribution is 2.49. The molecule has 0 amide bonds. The average Bonchev–Trinajstić information content (AvgIpc) is 2.71. The maximum Gasteiger partial charge on any atom is 0.416 e. The Balaban J connectivity index is 1.65. The molecule has 6 nitrogen and oxygen atoms in total. The van der Waals surface area contributed by atoms with Gasteiger partial charge in [-0.3, -0.25) is 9.10 Å². The molecule has 0 saturated heterocycles. The zero-order chi connectivity index (χ0) is 24.2. The van der Waals surface area contributed by atoms with Gasteiger partial charge in [-0.1, -0.05) is 22.0 Å². The number of hydrogen-bond acceptors (Lipinski definition) is 4. The van der Waals surface area contributed by atoms with Crippen molar-refractivity contribution >= 4 is 37.6 Å². The summed E-state index contributed by atoms with van der Waals surface area (Å²) < 4.78 is 74.1. The van der Waals surface area contributed by atoms with Crippen LogP contribution in [0.3, 0.4) is 0 Å². The summed E-state index contributed by atoms with van der Waals surface area (Å²) in [4.78, 5) is 10.9. The van der Waals surface area contributed by atoms with Crippen LogP contribution in [-0.2, 0) is 21.0 Å². The van der Waals surface area contributed by atoms with Gasteiger partial charge in [-0.15, -0.1) is 0 Å². The van der Waals surface area contributed by atoms with Crippen molar-refractivity contribution in [1.82, 2.24) is 0 Å². The van der Waals surface area contributed by atoms with Crippen molar-refractivity contribution < 1.29 is 36.2 Å². The number of halogens is 4. The summed E-state index contributed by atoms with van der Waals surface area (Å²) in [6.07, 6.45) is -3.90. The fourth-order valence-electron chi connectivity index (χ4n) is 4.52. The SMILES string of the molecule is CC1(C(=O)O)CC(C[C@H]2CN(S(=O)(=O)c3cccc(C(F)(F)F)c3)c3cc(Br)ccc3O2)C1. The number of carboxylic acids is 1. The number of aliphatic carboxylic acids is 1. The van der Waals surface area contributed by atoms with Gasteiger partial charge in [0.05, 0.1) is 28.1 Å². The molecule has 2 aromatic carbocycles. The first kappa shape index (κ1) is 23.9. The minimum atomic E-state index is -4.68. The highest BCUT2D eigenvalue weighted by molar-refractivity contribution is 9.10. The van der Waals surface area contributed by atoms with Crippen molar-refractivity contribution in [2.75, 3.05) is 10.8 Å². The number of nitrogens with zero attached hydrogens (tertiary/aromatic N) is 1. The Morgan fingerprint density at radius 2 is 1.94 bits per heavy atom. The molecule has 1 atom stereocenters. The fourth-order valence-corrected chi connectivity index (χ4v) is 6.42. The third-order valence-electron chi connectivity index (χ3n) is 6.19. The van der Waals surface area contributed by atoms with Gasteiger partial charge in [0.2, 0.25) is 0 Å². The number of sulfonamides is 1. The van der Waals surface area contributed by atoms with Gasteiger partial charge in [-0.2, -0.15) is 13.2 Å². The van der Waals surface area contributed by atoms with Gasteiger partial charge in [0.25, 0.3) is 10.0 Å². The van der Waals surface area contributed by atoms with E-state index >= 15 is 0 Å². The van der Waals surface area contributed by atoms with Crippen molar-refractivity contribution in [3.05, 3.63) is 52.5 Å².